The molecule has 2 rings (SSSR count). The molecule has 0 fully saturated rings. The zero-order chi connectivity index (χ0) is 20.4. The summed E-state index contributed by atoms with van der Waals surface area (Å²) in [5.41, 5.74) is 1.91. The van der Waals surface area contributed by atoms with Crippen LogP contribution in [0.3, 0.4) is 0 Å². The Kier molecular flexibility index (Phi) is 8.88. The highest BCUT2D eigenvalue weighted by Crippen LogP contribution is 2.18. The Labute approximate surface area is 171 Å². The van der Waals surface area contributed by atoms with Crippen LogP contribution in [0.2, 0.25) is 0 Å². The van der Waals surface area contributed by atoms with Gasteiger partial charge in [-0.2, -0.15) is 0 Å². The number of benzene rings is 2. The molecule has 2 aromatic rings. The maximum Gasteiger partial charge on any atom is 0.255 e. The number of unbranched alkanes of at least 4 members (excludes halogenated alkanes) is 1. The van der Waals surface area contributed by atoms with Crippen molar-refractivity contribution in [1.82, 2.24) is 0 Å². The van der Waals surface area contributed by atoms with E-state index in [0.717, 1.165) is 24.3 Å². The maximum atomic E-state index is 12.4. The Morgan fingerprint density at radius 2 is 1.57 bits per heavy atom. The van der Waals surface area contributed by atoms with Gasteiger partial charge in [-0.25, -0.2) is 0 Å². The van der Waals surface area contributed by atoms with Crippen LogP contribution in [0.5, 0.6) is 5.75 Å². The van der Waals surface area contributed by atoms with E-state index in [4.69, 9.17) is 4.74 Å². The summed E-state index contributed by atoms with van der Waals surface area (Å²) in [6, 6.07) is 14.1. The van der Waals surface area contributed by atoms with Crippen LogP contribution in [0.25, 0.3) is 0 Å². The fraction of sp³-hybridized carbons (Fsp3) is 0.364. The molecule has 0 aromatic heterocycles. The van der Waals surface area contributed by atoms with Crippen LogP contribution in [-0.4, -0.2) is 29.4 Å². The lowest BCUT2D eigenvalue weighted by Gasteiger charge is -2.12. The zero-order valence-electron chi connectivity index (χ0n) is 16.7. The Morgan fingerprint density at radius 3 is 2.18 bits per heavy atom. The van der Waals surface area contributed by atoms with Gasteiger partial charge in [-0.15, -0.1) is 11.8 Å². The minimum absolute atomic E-state index is 0.0207. The molecular formula is C22H28N2O3S. The fourth-order valence-corrected chi connectivity index (χ4v) is 3.45. The molecule has 1 unspecified atom stereocenters. The first-order valence-corrected chi connectivity index (χ1v) is 10.6. The van der Waals surface area contributed by atoms with Crippen LogP contribution in [0.1, 0.15) is 44.0 Å². The molecule has 1 atom stereocenters. The van der Waals surface area contributed by atoms with Crippen molar-refractivity contribution in [3.05, 3.63) is 54.1 Å². The van der Waals surface area contributed by atoms with Crippen LogP contribution in [0, 0.1) is 0 Å². The molecule has 0 aliphatic carbocycles. The molecule has 0 radical (unpaired) electrons. The molecule has 0 aliphatic heterocycles. The van der Waals surface area contributed by atoms with Crippen LogP contribution in [-0.2, 0) is 4.79 Å². The molecule has 28 heavy (non-hydrogen) atoms. The number of hydrogen-bond donors (Lipinski definition) is 2. The molecule has 2 amide bonds. The summed E-state index contributed by atoms with van der Waals surface area (Å²) < 4.78 is 5.39. The minimum atomic E-state index is -0.203. The zero-order valence-corrected chi connectivity index (χ0v) is 17.5. The maximum absolute atomic E-state index is 12.4. The summed E-state index contributed by atoms with van der Waals surface area (Å²) >= 11 is 1.66. The molecule has 150 valence electrons. The molecule has 0 heterocycles. The lowest BCUT2D eigenvalue weighted by Crippen LogP contribution is -2.22. The summed E-state index contributed by atoms with van der Waals surface area (Å²) in [5, 5.41) is 5.64. The second-order valence-electron chi connectivity index (χ2n) is 6.34. The van der Waals surface area contributed by atoms with E-state index in [2.05, 4.69) is 17.6 Å². The van der Waals surface area contributed by atoms with Crippen LogP contribution in [0.4, 0.5) is 11.4 Å². The summed E-state index contributed by atoms with van der Waals surface area (Å²) in [6.45, 7) is 6.58. The van der Waals surface area contributed by atoms with E-state index < -0.39 is 0 Å². The first-order chi connectivity index (χ1) is 13.5. The second kappa shape index (κ2) is 11.4. The highest BCUT2D eigenvalue weighted by molar-refractivity contribution is 8.00. The Hall–Kier alpha value is -2.47. The number of hydrogen-bond acceptors (Lipinski definition) is 4. The molecule has 0 spiro atoms. The van der Waals surface area contributed by atoms with Gasteiger partial charge in [0.05, 0.1) is 11.9 Å². The average molecular weight is 401 g/mol. The van der Waals surface area contributed by atoms with Crippen LogP contribution in [0.15, 0.2) is 48.5 Å². The number of amides is 2. The lowest BCUT2D eigenvalue weighted by molar-refractivity contribution is -0.115. The molecule has 0 aliphatic rings. The summed E-state index contributed by atoms with van der Waals surface area (Å²) in [6.07, 6.45) is 2.24. The number of ether oxygens (including phenoxy) is 1. The van der Waals surface area contributed by atoms with Gasteiger partial charge in [-0.05, 0) is 74.6 Å². The smallest absolute Gasteiger partial charge is 0.255 e. The molecule has 0 saturated heterocycles. The third kappa shape index (κ3) is 6.93. The van der Waals surface area contributed by atoms with Crippen molar-refractivity contribution in [2.75, 3.05) is 23.0 Å². The predicted molar refractivity (Wildman–Crippen MR) is 117 cm³/mol. The normalized spacial score (nSPS) is 11.5. The van der Waals surface area contributed by atoms with Gasteiger partial charge in [-0.3, -0.25) is 9.59 Å². The van der Waals surface area contributed by atoms with E-state index in [0.29, 0.717) is 23.5 Å². The third-order valence-corrected chi connectivity index (χ3v) is 5.31. The molecule has 5 nitrogen and oxygen atoms in total. The number of nitrogens with one attached hydrogen (secondary N) is 2. The number of carbonyl (C=O) groups is 2. The van der Waals surface area contributed by atoms with Crippen LogP contribution >= 0.6 is 11.8 Å². The van der Waals surface area contributed by atoms with Gasteiger partial charge in [0.15, 0.2) is 0 Å². The molecular weight excluding hydrogens is 372 g/mol. The van der Waals surface area contributed by atoms with E-state index in [1.54, 1.807) is 48.2 Å². The molecule has 2 N–H and O–H groups in total. The van der Waals surface area contributed by atoms with Crippen molar-refractivity contribution in [2.24, 2.45) is 0 Å². The molecule has 2 aromatic carbocycles. The van der Waals surface area contributed by atoms with E-state index in [1.807, 2.05) is 26.0 Å². The summed E-state index contributed by atoms with van der Waals surface area (Å²) in [4.78, 5) is 24.6. The quantitative estimate of drug-likeness (QED) is 0.538. The largest absolute Gasteiger partial charge is 0.494 e. The number of thioether (sulfide) groups is 1. The van der Waals surface area contributed by atoms with Crippen molar-refractivity contribution < 1.29 is 14.3 Å². The Morgan fingerprint density at radius 1 is 0.964 bits per heavy atom. The average Bonchev–Trinajstić information content (AvgIpc) is 2.70. The number of rotatable bonds is 10. The number of anilines is 2. The first-order valence-electron chi connectivity index (χ1n) is 9.60. The van der Waals surface area contributed by atoms with Gasteiger partial charge < -0.3 is 15.4 Å². The van der Waals surface area contributed by atoms with E-state index in [-0.39, 0.29) is 17.1 Å². The first kappa shape index (κ1) is 21.8. The van der Waals surface area contributed by atoms with Gasteiger partial charge in [-0.1, -0.05) is 13.3 Å². The van der Waals surface area contributed by atoms with Gasteiger partial charge in [0, 0.05) is 16.9 Å². The third-order valence-electron chi connectivity index (χ3n) is 4.07. The summed E-state index contributed by atoms with van der Waals surface area (Å²) in [7, 11) is 0. The van der Waals surface area contributed by atoms with Crippen molar-refractivity contribution in [3.63, 3.8) is 0 Å². The Bertz CT molecular complexity index is 760. The SMILES string of the molecule is CCCCSC(C)C(=O)Nc1ccc(C(=O)Nc2ccc(OCC)cc2)cc1. The van der Waals surface area contributed by atoms with Gasteiger partial charge >= 0.3 is 0 Å². The van der Waals surface area contributed by atoms with Crippen molar-refractivity contribution in [3.8, 4) is 5.75 Å². The predicted octanol–water partition coefficient (Wildman–Crippen LogP) is 5.20. The molecule has 0 saturated carbocycles. The molecule has 6 heteroatoms. The van der Waals surface area contributed by atoms with Crippen molar-refractivity contribution in [1.29, 1.82) is 0 Å². The second-order valence-corrected chi connectivity index (χ2v) is 7.79. The van der Waals surface area contributed by atoms with E-state index in [9.17, 15) is 9.59 Å². The van der Waals surface area contributed by atoms with Gasteiger partial charge in [0.25, 0.3) is 5.91 Å². The monoisotopic (exact) mass is 400 g/mol. The minimum Gasteiger partial charge on any atom is -0.494 e. The number of carbonyl (C=O) groups excluding carboxylic acids is 2. The van der Waals surface area contributed by atoms with Crippen molar-refractivity contribution in [2.45, 2.75) is 38.9 Å². The highest BCUT2D eigenvalue weighted by Gasteiger charge is 2.13. The van der Waals surface area contributed by atoms with Gasteiger partial charge in [0.2, 0.25) is 5.91 Å². The highest BCUT2D eigenvalue weighted by atomic mass is 32.2. The van der Waals surface area contributed by atoms with E-state index in [1.165, 1.54) is 0 Å². The van der Waals surface area contributed by atoms with E-state index >= 15 is 0 Å². The standard InChI is InChI=1S/C22H28N2O3S/c1-4-6-15-28-16(3)21(25)23-18-9-7-17(8-10-18)22(26)24-19-11-13-20(14-12-19)27-5-2/h7-14,16H,4-6,15H2,1-3H3,(H,23,25)(H,24,26). The topological polar surface area (TPSA) is 67.4 Å². The Balaban J connectivity index is 1.88. The summed E-state index contributed by atoms with van der Waals surface area (Å²) in [5.74, 6) is 1.52. The van der Waals surface area contributed by atoms with Crippen molar-refractivity contribution >= 4 is 35.0 Å². The van der Waals surface area contributed by atoms with Gasteiger partial charge in [0.1, 0.15) is 5.75 Å². The lowest BCUT2D eigenvalue weighted by atomic mass is 10.2. The fourth-order valence-electron chi connectivity index (χ4n) is 2.43. The van der Waals surface area contributed by atoms with Crippen LogP contribution < -0.4 is 15.4 Å². The molecule has 0 bridgehead atoms.